The highest BCUT2D eigenvalue weighted by molar-refractivity contribution is 6.55. The third-order valence-corrected chi connectivity index (χ3v) is 3.28. The summed E-state index contributed by atoms with van der Waals surface area (Å²) in [4.78, 5) is 34.4. The summed E-state index contributed by atoms with van der Waals surface area (Å²) in [5, 5.41) is 6.96. The van der Waals surface area contributed by atoms with Crippen LogP contribution in [-0.4, -0.2) is 61.9 Å². The molecule has 0 saturated carbocycles. The highest BCUT2D eigenvalue weighted by Crippen LogP contribution is 2.31. The second kappa shape index (κ2) is 9.71. The highest BCUT2D eigenvalue weighted by Gasteiger charge is 2.51. The van der Waals surface area contributed by atoms with Crippen molar-refractivity contribution in [1.29, 1.82) is 5.41 Å². The summed E-state index contributed by atoms with van der Waals surface area (Å²) < 4.78 is 25.8. The quantitative estimate of drug-likeness (QED) is 0.401. The van der Waals surface area contributed by atoms with E-state index < -0.39 is 48.6 Å². The zero-order valence-corrected chi connectivity index (χ0v) is 15.1. The minimum atomic E-state index is -1.29. The number of carbonyl (C=O) groups is 3. The van der Waals surface area contributed by atoms with Gasteiger partial charge in [-0.3, -0.25) is 9.59 Å². The predicted octanol–water partition coefficient (Wildman–Crippen LogP) is 1.10. The fraction of sp³-hybridized carbons (Fsp3) is 0.571. The van der Waals surface area contributed by atoms with Crippen LogP contribution in [0.1, 0.15) is 13.8 Å². The van der Waals surface area contributed by atoms with Crippen LogP contribution in [0.25, 0.3) is 0 Å². The summed E-state index contributed by atoms with van der Waals surface area (Å²) in [6, 6.07) is 0. The number of halogens is 2. The predicted molar refractivity (Wildman–Crippen MR) is 85.2 cm³/mol. The summed E-state index contributed by atoms with van der Waals surface area (Å²) in [6.45, 7) is 2.26. The molecule has 0 aliphatic carbocycles. The molecule has 0 bridgehead atoms. The van der Waals surface area contributed by atoms with Crippen LogP contribution in [0.15, 0.2) is 10.6 Å². The van der Waals surface area contributed by atoms with E-state index in [1.54, 1.807) is 0 Å². The third-order valence-electron chi connectivity index (χ3n) is 3.03. The molecular formula is C14H17Cl2NO8. The standard InChI is InChI=1S/C14H17Cl2NO8/c1-6(18)22-12-11(25-10(20)5-17)8(4-9(15)16)24-14(21-3)13(12)23-7(2)19/h4-5,8,11-14,17H,1-3H3/t8-,11-,12+,13-,14+/m1/s1. The molecule has 140 valence electrons. The average molecular weight is 398 g/mol. The van der Waals surface area contributed by atoms with E-state index in [1.807, 2.05) is 0 Å². The Morgan fingerprint density at radius 3 is 2.00 bits per heavy atom. The lowest BCUT2D eigenvalue weighted by Gasteiger charge is -2.43. The Balaban J connectivity index is 3.32. The second-order valence-corrected chi connectivity index (χ2v) is 5.86. The summed E-state index contributed by atoms with van der Waals surface area (Å²) in [5.74, 6) is -2.46. The fourth-order valence-electron chi connectivity index (χ4n) is 2.23. The fourth-order valence-corrected chi connectivity index (χ4v) is 2.48. The molecule has 1 fully saturated rings. The SMILES string of the molecule is CO[C@H]1O[C@H](C=C(Cl)Cl)[C@@H](OC(=O)C=N)[C@H](OC(C)=O)[C@H]1OC(C)=O. The average Bonchev–Trinajstić information content (AvgIpc) is 2.50. The number of carbonyl (C=O) groups excluding carboxylic acids is 3. The molecule has 25 heavy (non-hydrogen) atoms. The van der Waals surface area contributed by atoms with Crippen molar-refractivity contribution in [2.75, 3.05) is 7.11 Å². The lowest BCUT2D eigenvalue weighted by atomic mass is 9.98. The molecule has 0 aromatic carbocycles. The normalized spacial score (nSPS) is 28.4. The lowest BCUT2D eigenvalue weighted by molar-refractivity contribution is -0.288. The molecule has 1 N–H and O–H groups in total. The molecule has 1 heterocycles. The molecule has 1 aliphatic heterocycles. The molecule has 11 heteroatoms. The van der Waals surface area contributed by atoms with Gasteiger partial charge in [-0.25, -0.2) is 4.79 Å². The van der Waals surface area contributed by atoms with Crippen molar-refractivity contribution in [1.82, 2.24) is 0 Å². The first kappa shape index (κ1) is 21.4. The van der Waals surface area contributed by atoms with Gasteiger partial charge in [0, 0.05) is 21.0 Å². The Morgan fingerprint density at radius 1 is 1.00 bits per heavy atom. The first-order valence-corrected chi connectivity index (χ1v) is 7.71. The van der Waals surface area contributed by atoms with E-state index in [0.717, 1.165) is 13.8 Å². The molecule has 5 atom stereocenters. The topological polar surface area (TPSA) is 121 Å². The van der Waals surface area contributed by atoms with Crippen molar-refractivity contribution in [3.63, 3.8) is 0 Å². The van der Waals surface area contributed by atoms with Crippen LogP contribution in [0.3, 0.4) is 0 Å². The number of hydrogen-bond donors (Lipinski definition) is 1. The maximum atomic E-state index is 11.5. The van der Waals surface area contributed by atoms with Crippen LogP contribution in [0.4, 0.5) is 0 Å². The molecule has 0 radical (unpaired) electrons. The van der Waals surface area contributed by atoms with E-state index in [2.05, 4.69) is 0 Å². The Kier molecular flexibility index (Phi) is 8.30. The monoisotopic (exact) mass is 397 g/mol. The molecule has 0 unspecified atom stereocenters. The minimum Gasteiger partial charge on any atom is -0.454 e. The van der Waals surface area contributed by atoms with Gasteiger partial charge in [0.05, 0.1) is 0 Å². The maximum Gasteiger partial charge on any atom is 0.349 e. The molecular weight excluding hydrogens is 381 g/mol. The Labute approximate surface area is 153 Å². The minimum absolute atomic E-state index is 0.205. The van der Waals surface area contributed by atoms with Crippen LogP contribution >= 0.6 is 23.2 Å². The van der Waals surface area contributed by atoms with E-state index >= 15 is 0 Å². The van der Waals surface area contributed by atoms with Crippen LogP contribution in [0, 0.1) is 5.41 Å². The van der Waals surface area contributed by atoms with Crippen molar-refractivity contribution >= 4 is 47.3 Å². The lowest BCUT2D eigenvalue weighted by Crippen LogP contribution is -2.61. The van der Waals surface area contributed by atoms with Gasteiger partial charge in [-0.05, 0) is 6.08 Å². The molecule has 0 aromatic rings. The summed E-state index contributed by atoms with van der Waals surface area (Å²) >= 11 is 11.3. The summed E-state index contributed by atoms with van der Waals surface area (Å²) in [7, 11) is 1.28. The van der Waals surface area contributed by atoms with Crippen LogP contribution in [-0.2, 0) is 38.1 Å². The first-order valence-electron chi connectivity index (χ1n) is 6.96. The van der Waals surface area contributed by atoms with Crippen molar-refractivity contribution < 1.29 is 38.1 Å². The molecule has 0 aromatic heterocycles. The van der Waals surface area contributed by atoms with Gasteiger partial charge in [-0.1, -0.05) is 23.2 Å². The summed E-state index contributed by atoms with van der Waals surface area (Å²) in [6.07, 6.45) is -4.44. The molecule has 0 spiro atoms. The van der Waals surface area contributed by atoms with Gasteiger partial charge in [0.2, 0.25) is 0 Å². The number of esters is 3. The number of rotatable bonds is 6. The zero-order valence-electron chi connectivity index (χ0n) is 13.6. The molecule has 1 saturated heterocycles. The van der Waals surface area contributed by atoms with Crippen LogP contribution in [0.2, 0.25) is 0 Å². The molecule has 9 nitrogen and oxygen atoms in total. The van der Waals surface area contributed by atoms with E-state index in [0.29, 0.717) is 6.21 Å². The first-order chi connectivity index (χ1) is 11.7. The van der Waals surface area contributed by atoms with Gasteiger partial charge in [0.15, 0.2) is 24.6 Å². The van der Waals surface area contributed by atoms with Gasteiger partial charge in [-0.15, -0.1) is 0 Å². The number of nitrogens with one attached hydrogen (secondary N) is 1. The maximum absolute atomic E-state index is 11.5. The van der Waals surface area contributed by atoms with Crippen molar-refractivity contribution in [2.45, 2.75) is 44.6 Å². The smallest absolute Gasteiger partial charge is 0.349 e. The van der Waals surface area contributed by atoms with Crippen LogP contribution in [0.5, 0.6) is 0 Å². The van der Waals surface area contributed by atoms with Gasteiger partial charge in [0.25, 0.3) is 0 Å². The van der Waals surface area contributed by atoms with E-state index in [1.165, 1.54) is 13.2 Å². The second-order valence-electron chi connectivity index (χ2n) is 4.86. The zero-order chi connectivity index (χ0) is 19.1. The van der Waals surface area contributed by atoms with Crippen LogP contribution < -0.4 is 0 Å². The number of ether oxygens (including phenoxy) is 5. The van der Waals surface area contributed by atoms with E-state index in [9.17, 15) is 14.4 Å². The molecule has 1 rings (SSSR count). The van der Waals surface area contributed by atoms with E-state index in [4.69, 9.17) is 52.3 Å². The van der Waals surface area contributed by atoms with Gasteiger partial charge < -0.3 is 29.1 Å². The number of methoxy groups -OCH3 is 1. The molecule has 0 amide bonds. The van der Waals surface area contributed by atoms with Crippen molar-refractivity contribution in [2.24, 2.45) is 0 Å². The van der Waals surface area contributed by atoms with Crippen molar-refractivity contribution in [3.8, 4) is 0 Å². The molecule has 1 aliphatic rings. The Bertz CT molecular complexity index is 563. The van der Waals surface area contributed by atoms with Gasteiger partial charge >= 0.3 is 17.9 Å². The Hall–Kier alpha value is -1.68. The van der Waals surface area contributed by atoms with Gasteiger partial charge in [0.1, 0.15) is 16.8 Å². The largest absolute Gasteiger partial charge is 0.454 e. The third kappa shape index (κ3) is 6.28. The number of hydrogen-bond acceptors (Lipinski definition) is 9. The van der Waals surface area contributed by atoms with Crippen molar-refractivity contribution in [3.05, 3.63) is 10.6 Å². The van der Waals surface area contributed by atoms with E-state index in [-0.39, 0.29) is 4.49 Å². The Morgan fingerprint density at radius 2 is 1.56 bits per heavy atom. The highest BCUT2D eigenvalue weighted by atomic mass is 35.5. The van der Waals surface area contributed by atoms with Gasteiger partial charge in [-0.2, -0.15) is 0 Å². The summed E-state index contributed by atoms with van der Waals surface area (Å²) in [5.41, 5.74) is 0.